The van der Waals surface area contributed by atoms with Crippen LogP contribution in [0.3, 0.4) is 0 Å². The van der Waals surface area contributed by atoms with E-state index in [1.165, 1.54) is 0 Å². The predicted molar refractivity (Wildman–Crippen MR) is 83.7 cm³/mol. The predicted octanol–water partition coefficient (Wildman–Crippen LogP) is 3.44. The van der Waals surface area contributed by atoms with Gasteiger partial charge >= 0.3 is 0 Å². The molecule has 0 fully saturated rings. The summed E-state index contributed by atoms with van der Waals surface area (Å²) < 4.78 is 6.50. The lowest BCUT2D eigenvalue weighted by Gasteiger charge is -2.26. The normalized spacial score (nSPS) is 11.8. The minimum Gasteiger partial charge on any atom is -0.451 e. The van der Waals surface area contributed by atoms with Gasteiger partial charge in [0.1, 0.15) is 5.58 Å². The number of halogens is 1. The third-order valence-electron chi connectivity index (χ3n) is 3.71. The van der Waals surface area contributed by atoms with Gasteiger partial charge in [-0.15, -0.1) is 0 Å². The van der Waals surface area contributed by atoms with Crippen LogP contribution < -0.4 is 11.1 Å². The fourth-order valence-electron chi connectivity index (χ4n) is 1.97. The molecule has 4 nitrogen and oxygen atoms in total. The summed E-state index contributed by atoms with van der Waals surface area (Å²) in [6.07, 6.45) is 1.63. The molecule has 2 rings (SSSR count). The fraction of sp³-hybridized carbons (Fsp3) is 0.400. The summed E-state index contributed by atoms with van der Waals surface area (Å²) in [6, 6.07) is 7.38. The number of amides is 1. The van der Waals surface area contributed by atoms with Gasteiger partial charge in [0.15, 0.2) is 5.76 Å². The molecule has 5 heteroatoms. The van der Waals surface area contributed by atoms with Crippen LogP contribution in [0.5, 0.6) is 0 Å². The third kappa shape index (κ3) is 3.22. The number of hydrogen-bond donors (Lipinski definition) is 2. The zero-order valence-electron chi connectivity index (χ0n) is 11.7. The van der Waals surface area contributed by atoms with E-state index in [0.717, 1.165) is 22.7 Å². The molecule has 0 bridgehead atoms. The minimum absolute atomic E-state index is 0.228. The highest BCUT2D eigenvalue weighted by atomic mass is 79.9. The summed E-state index contributed by atoms with van der Waals surface area (Å²) >= 11 is 3.40. The van der Waals surface area contributed by atoms with E-state index < -0.39 is 0 Å². The lowest BCUT2D eigenvalue weighted by Crippen LogP contribution is -2.49. The van der Waals surface area contributed by atoms with Gasteiger partial charge < -0.3 is 15.5 Å². The van der Waals surface area contributed by atoms with Gasteiger partial charge in [-0.2, -0.15) is 0 Å². The molecular formula is C15H19BrN2O2. The molecule has 2 aromatic rings. The second-order valence-electron chi connectivity index (χ2n) is 5.04. The Balaban J connectivity index is 2.11. The van der Waals surface area contributed by atoms with Gasteiger partial charge in [0.2, 0.25) is 0 Å². The van der Waals surface area contributed by atoms with Crippen molar-refractivity contribution in [3.63, 3.8) is 0 Å². The molecule has 0 aliphatic carbocycles. The molecular weight excluding hydrogens is 320 g/mol. The van der Waals surface area contributed by atoms with Gasteiger partial charge in [-0.1, -0.05) is 29.8 Å². The molecule has 0 aliphatic heterocycles. The van der Waals surface area contributed by atoms with Crippen LogP contribution in [0, 0.1) is 0 Å². The molecule has 1 heterocycles. The summed E-state index contributed by atoms with van der Waals surface area (Å²) in [5, 5.41) is 3.75. The number of nitrogens with one attached hydrogen (secondary N) is 1. The van der Waals surface area contributed by atoms with Crippen LogP contribution in [0.25, 0.3) is 11.0 Å². The Kier molecular flexibility index (Phi) is 4.50. The first kappa shape index (κ1) is 15.1. The van der Waals surface area contributed by atoms with E-state index in [1.807, 2.05) is 32.0 Å². The summed E-state index contributed by atoms with van der Waals surface area (Å²) in [4.78, 5) is 12.1. The van der Waals surface area contributed by atoms with E-state index >= 15 is 0 Å². The van der Waals surface area contributed by atoms with E-state index in [9.17, 15) is 4.79 Å². The van der Waals surface area contributed by atoms with E-state index in [1.54, 1.807) is 6.07 Å². The first-order chi connectivity index (χ1) is 9.47. The average Bonchev–Trinajstić information content (AvgIpc) is 2.87. The first-order valence-corrected chi connectivity index (χ1v) is 7.53. The quantitative estimate of drug-likeness (QED) is 0.877. The number of fused-ring (bicyclic) bond motifs is 1. The van der Waals surface area contributed by atoms with Crippen LogP contribution >= 0.6 is 15.9 Å². The van der Waals surface area contributed by atoms with Crippen LogP contribution in [0.15, 0.2) is 33.2 Å². The Labute approximate surface area is 126 Å². The maximum atomic E-state index is 12.1. The van der Waals surface area contributed by atoms with Crippen LogP contribution in [-0.4, -0.2) is 18.0 Å². The van der Waals surface area contributed by atoms with Gasteiger partial charge in [0, 0.05) is 21.9 Å². The zero-order chi connectivity index (χ0) is 14.8. The molecule has 20 heavy (non-hydrogen) atoms. The van der Waals surface area contributed by atoms with E-state index in [-0.39, 0.29) is 11.4 Å². The van der Waals surface area contributed by atoms with Crippen LogP contribution in [-0.2, 0) is 0 Å². The van der Waals surface area contributed by atoms with Crippen molar-refractivity contribution in [2.24, 2.45) is 5.73 Å². The maximum absolute atomic E-state index is 12.1. The van der Waals surface area contributed by atoms with Gasteiger partial charge in [0.05, 0.1) is 0 Å². The van der Waals surface area contributed by atoms with Gasteiger partial charge in [-0.05, 0) is 37.1 Å². The summed E-state index contributed by atoms with van der Waals surface area (Å²) in [7, 11) is 0. The number of rotatable bonds is 5. The van der Waals surface area contributed by atoms with Gasteiger partial charge in [0.25, 0.3) is 5.91 Å². The van der Waals surface area contributed by atoms with Crippen molar-refractivity contribution in [1.82, 2.24) is 5.32 Å². The van der Waals surface area contributed by atoms with E-state index in [4.69, 9.17) is 10.2 Å². The molecule has 0 saturated heterocycles. The van der Waals surface area contributed by atoms with Crippen molar-refractivity contribution in [2.75, 3.05) is 6.54 Å². The second kappa shape index (κ2) is 5.97. The molecule has 0 atom stereocenters. The number of hydrogen-bond acceptors (Lipinski definition) is 3. The highest BCUT2D eigenvalue weighted by Crippen LogP contribution is 2.23. The number of nitrogens with two attached hydrogens (primary N) is 1. The van der Waals surface area contributed by atoms with Crippen molar-refractivity contribution in [2.45, 2.75) is 32.2 Å². The molecule has 0 aliphatic rings. The number of carbonyl (C=O) groups is 1. The Morgan fingerprint density at radius 1 is 1.35 bits per heavy atom. The van der Waals surface area contributed by atoms with Gasteiger partial charge in [-0.25, -0.2) is 0 Å². The highest BCUT2D eigenvalue weighted by Gasteiger charge is 2.22. The minimum atomic E-state index is -0.356. The average molecular weight is 339 g/mol. The smallest absolute Gasteiger partial charge is 0.287 e. The van der Waals surface area contributed by atoms with Crippen molar-refractivity contribution >= 4 is 32.8 Å². The standard InChI is InChI=1S/C15H19BrN2O2/c1-3-15(17,4-2)9-18-14(19)13-8-10-7-11(16)5-6-12(10)20-13/h5-8H,3-4,9,17H2,1-2H3,(H,18,19). The van der Waals surface area contributed by atoms with Crippen molar-refractivity contribution in [1.29, 1.82) is 0 Å². The molecule has 0 unspecified atom stereocenters. The third-order valence-corrected chi connectivity index (χ3v) is 4.20. The summed E-state index contributed by atoms with van der Waals surface area (Å²) in [5.74, 6) is 0.0849. The number of carbonyl (C=O) groups excluding carboxylic acids is 1. The largest absolute Gasteiger partial charge is 0.451 e. The Morgan fingerprint density at radius 2 is 2.05 bits per heavy atom. The van der Waals surface area contributed by atoms with Crippen molar-refractivity contribution < 1.29 is 9.21 Å². The fourth-order valence-corrected chi connectivity index (χ4v) is 2.35. The Bertz CT molecular complexity index is 617. The molecule has 1 aromatic carbocycles. The second-order valence-corrected chi connectivity index (χ2v) is 5.96. The lowest BCUT2D eigenvalue weighted by molar-refractivity contribution is 0.0916. The molecule has 1 amide bonds. The molecule has 1 aromatic heterocycles. The topological polar surface area (TPSA) is 68.3 Å². The lowest BCUT2D eigenvalue weighted by atomic mass is 9.94. The zero-order valence-corrected chi connectivity index (χ0v) is 13.3. The highest BCUT2D eigenvalue weighted by molar-refractivity contribution is 9.10. The van der Waals surface area contributed by atoms with Crippen LogP contribution in [0.4, 0.5) is 0 Å². The SMILES string of the molecule is CCC(N)(CC)CNC(=O)c1cc2cc(Br)ccc2o1. The van der Waals surface area contributed by atoms with E-state index in [0.29, 0.717) is 17.9 Å². The van der Waals surface area contributed by atoms with Crippen LogP contribution in [0.2, 0.25) is 0 Å². The van der Waals surface area contributed by atoms with Crippen LogP contribution in [0.1, 0.15) is 37.2 Å². The first-order valence-electron chi connectivity index (χ1n) is 6.73. The molecule has 3 N–H and O–H groups in total. The Hall–Kier alpha value is -1.33. The number of benzene rings is 1. The van der Waals surface area contributed by atoms with Gasteiger partial charge in [-0.3, -0.25) is 4.79 Å². The van der Waals surface area contributed by atoms with E-state index in [2.05, 4.69) is 21.2 Å². The number of furan rings is 1. The molecule has 0 spiro atoms. The van der Waals surface area contributed by atoms with Crippen molar-refractivity contribution in [3.05, 3.63) is 34.5 Å². The molecule has 0 saturated carbocycles. The summed E-state index contributed by atoms with van der Waals surface area (Å²) in [6.45, 7) is 4.49. The Morgan fingerprint density at radius 3 is 2.70 bits per heavy atom. The summed E-state index contributed by atoms with van der Waals surface area (Å²) in [5.41, 5.74) is 6.51. The monoisotopic (exact) mass is 338 g/mol. The van der Waals surface area contributed by atoms with Crippen molar-refractivity contribution in [3.8, 4) is 0 Å². The molecule has 0 radical (unpaired) electrons. The maximum Gasteiger partial charge on any atom is 0.287 e. The molecule has 108 valence electrons.